The Morgan fingerprint density at radius 2 is 2.07 bits per heavy atom. The summed E-state index contributed by atoms with van der Waals surface area (Å²) in [7, 11) is 0. The van der Waals surface area contributed by atoms with Gasteiger partial charge in [0.2, 0.25) is 0 Å². The fourth-order valence-electron chi connectivity index (χ4n) is 3.54. The number of amides is 1. The standard InChI is InChI=1S/C20H21FN4O2/c1-12-8-17(16-5-4-14(21)9-19(16)22-12)20(27)24-6-3-7-25-15(11-24)10-18(23-25)13(2)26/h4-5,8-10,13,26H,3,6-7,11H2,1-2H3/t13-/m0/s1. The number of aliphatic hydroxyl groups excluding tert-OH is 1. The van der Waals surface area contributed by atoms with Gasteiger partial charge in [0.25, 0.3) is 5.91 Å². The van der Waals surface area contributed by atoms with Gasteiger partial charge in [0, 0.05) is 30.2 Å². The van der Waals surface area contributed by atoms with Crippen LogP contribution < -0.4 is 0 Å². The maximum Gasteiger partial charge on any atom is 0.254 e. The quantitative estimate of drug-likeness (QED) is 0.755. The molecular weight excluding hydrogens is 347 g/mol. The van der Waals surface area contributed by atoms with Gasteiger partial charge < -0.3 is 10.0 Å². The number of pyridine rings is 1. The lowest BCUT2D eigenvalue weighted by molar-refractivity contribution is 0.0747. The predicted octanol–water partition coefficient (Wildman–Crippen LogP) is 2.98. The van der Waals surface area contributed by atoms with E-state index in [2.05, 4.69) is 10.1 Å². The van der Waals surface area contributed by atoms with Crippen molar-refractivity contribution in [3.63, 3.8) is 0 Å². The molecule has 1 aromatic carbocycles. The number of hydrogen-bond acceptors (Lipinski definition) is 4. The zero-order valence-corrected chi connectivity index (χ0v) is 15.3. The van der Waals surface area contributed by atoms with Gasteiger partial charge in [0.05, 0.1) is 35.1 Å². The van der Waals surface area contributed by atoms with E-state index in [9.17, 15) is 14.3 Å². The van der Waals surface area contributed by atoms with Crippen LogP contribution in [0.25, 0.3) is 10.9 Å². The van der Waals surface area contributed by atoms with Gasteiger partial charge in [-0.1, -0.05) is 0 Å². The fraction of sp³-hybridized carbons (Fsp3) is 0.350. The van der Waals surface area contributed by atoms with Crippen molar-refractivity contribution >= 4 is 16.8 Å². The molecule has 6 nitrogen and oxygen atoms in total. The molecule has 4 rings (SSSR count). The summed E-state index contributed by atoms with van der Waals surface area (Å²) in [4.78, 5) is 19.4. The van der Waals surface area contributed by atoms with Gasteiger partial charge in [-0.25, -0.2) is 4.39 Å². The molecule has 0 fully saturated rings. The van der Waals surface area contributed by atoms with Crippen molar-refractivity contribution in [2.24, 2.45) is 0 Å². The van der Waals surface area contributed by atoms with Crippen LogP contribution in [-0.4, -0.2) is 37.2 Å². The second kappa shape index (κ2) is 6.74. The van der Waals surface area contributed by atoms with Crippen LogP contribution in [0, 0.1) is 12.7 Å². The molecule has 1 N–H and O–H groups in total. The average molecular weight is 368 g/mol. The molecule has 27 heavy (non-hydrogen) atoms. The van der Waals surface area contributed by atoms with E-state index in [1.54, 1.807) is 30.9 Å². The first-order chi connectivity index (χ1) is 12.9. The maximum absolute atomic E-state index is 13.6. The summed E-state index contributed by atoms with van der Waals surface area (Å²) >= 11 is 0. The number of rotatable bonds is 2. The highest BCUT2D eigenvalue weighted by Gasteiger charge is 2.24. The molecule has 0 unspecified atom stereocenters. The van der Waals surface area contributed by atoms with Gasteiger partial charge in [0.15, 0.2) is 0 Å². The van der Waals surface area contributed by atoms with E-state index in [-0.39, 0.29) is 11.7 Å². The fourth-order valence-corrected chi connectivity index (χ4v) is 3.54. The molecule has 2 aromatic heterocycles. The van der Waals surface area contributed by atoms with E-state index >= 15 is 0 Å². The lowest BCUT2D eigenvalue weighted by Crippen LogP contribution is -2.31. The average Bonchev–Trinajstić information content (AvgIpc) is 2.92. The number of aromatic nitrogens is 3. The molecule has 7 heteroatoms. The topological polar surface area (TPSA) is 71.2 Å². The van der Waals surface area contributed by atoms with E-state index in [1.807, 2.05) is 10.7 Å². The minimum Gasteiger partial charge on any atom is -0.387 e. The Hall–Kier alpha value is -2.80. The predicted molar refractivity (Wildman–Crippen MR) is 98.7 cm³/mol. The Balaban J connectivity index is 1.71. The number of aryl methyl sites for hydroxylation is 2. The van der Waals surface area contributed by atoms with Gasteiger partial charge in [-0.3, -0.25) is 14.5 Å². The first-order valence-corrected chi connectivity index (χ1v) is 9.03. The van der Waals surface area contributed by atoms with Crippen LogP contribution in [-0.2, 0) is 13.1 Å². The third kappa shape index (κ3) is 3.30. The van der Waals surface area contributed by atoms with Crippen LogP contribution in [0.5, 0.6) is 0 Å². The van der Waals surface area contributed by atoms with Crippen LogP contribution >= 0.6 is 0 Å². The van der Waals surface area contributed by atoms with Crippen molar-refractivity contribution in [1.29, 1.82) is 0 Å². The van der Waals surface area contributed by atoms with Crippen LogP contribution in [0.3, 0.4) is 0 Å². The Morgan fingerprint density at radius 3 is 2.85 bits per heavy atom. The molecule has 1 amide bonds. The van der Waals surface area contributed by atoms with Gasteiger partial charge in [-0.2, -0.15) is 5.10 Å². The number of carbonyl (C=O) groups is 1. The summed E-state index contributed by atoms with van der Waals surface area (Å²) in [5.74, 6) is -0.478. The summed E-state index contributed by atoms with van der Waals surface area (Å²) < 4.78 is 15.4. The molecular formula is C20H21FN4O2. The molecule has 0 spiro atoms. The molecule has 3 aromatic rings. The van der Waals surface area contributed by atoms with Gasteiger partial charge >= 0.3 is 0 Å². The van der Waals surface area contributed by atoms with Crippen LogP contribution in [0.2, 0.25) is 0 Å². The number of halogens is 1. The number of nitrogens with zero attached hydrogens (tertiary/aromatic N) is 4. The second-order valence-electron chi connectivity index (χ2n) is 7.01. The van der Waals surface area contributed by atoms with Crippen molar-refractivity contribution in [2.75, 3.05) is 6.54 Å². The molecule has 0 saturated heterocycles. The van der Waals surface area contributed by atoms with Crippen molar-refractivity contribution in [1.82, 2.24) is 19.7 Å². The number of benzene rings is 1. The lowest BCUT2D eigenvalue weighted by atomic mass is 10.1. The molecule has 1 aliphatic heterocycles. The first kappa shape index (κ1) is 17.6. The SMILES string of the molecule is Cc1cc(C(=O)N2CCCn3nc([C@H](C)O)cc3C2)c2ccc(F)cc2n1. The first-order valence-electron chi connectivity index (χ1n) is 9.03. The molecule has 0 saturated carbocycles. The minimum absolute atomic E-state index is 0.106. The summed E-state index contributed by atoms with van der Waals surface area (Å²) in [5.41, 5.74) is 3.20. The number of carbonyl (C=O) groups excluding carboxylic acids is 1. The highest BCUT2D eigenvalue weighted by Crippen LogP contribution is 2.24. The summed E-state index contributed by atoms with van der Waals surface area (Å²) in [5, 5.41) is 14.8. The van der Waals surface area contributed by atoms with Gasteiger partial charge in [-0.15, -0.1) is 0 Å². The van der Waals surface area contributed by atoms with Crippen LogP contribution in [0.15, 0.2) is 30.3 Å². The third-order valence-electron chi connectivity index (χ3n) is 4.88. The lowest BCUT2D eigenvalue weighted by Gasteiger charge is -2.21. The Kier molecular flexibility index (Phi) is 4.39. The van der Waals surface area contributed by atoms with Crippen molar-refractivity contribution < 1.29 is 14.3 Å². The largest absolute Gasteiger partial charge is 0.387 e. The van der Waals surface area contributed by atoms with Crippen LogP contribution in [0.4, 0.5) is 4.39 Å². The normalized spacial score (nSPS) is 15.5. The second-order valence-corrected chi connectivity index (χ2v) is 7.01. The molecule has 0 aliphatic carbocycles. The van der Waals surface area contributed by atoms with E-state index in [4.69, 9.17) is 0 Å². The monoisotopic (exact) mass is 368 g/mol. The maximum atomic E-state index is 13.6. The molecule has 1 atom stereocenters. The van der Waals surface area contributed by atoms with E-state index in [0.717, 1.165) is 12.1 Å². The van der Waals surface area contributed by atoms with Crippen molar-refractivity contribution in [2.45, 2.75) is 39.5 Å². The minimum atomic E-state index is -0.643. The zero-order valence-electron chi connectivity index (χ0n) is 15.3. The highest BCUT2D eigenvalue weighted by molar-refractivity contribution is 6.06. The molecule has 0 radical (unpaired) electrons. The van der Waals surface area contributed by atoms with Crippen molar-refractivity contribution in [3.05, 3.63) is 58.8 Å². The number of fused-ring (bicyclic) bond motifs is 2. The van der Waals surface area contributed by atoms with E-state index in [1.165, 1.54) is 12.1 Å². The van der Waals surface area contributed by atoms with Crippen molar-refractivity contribution in [3.8, 4) is 0 Å². The molecule has 1 aliphatic rings. The molecule has 3 heterocycles. The van der Waals surface area contributed by atoms with Crippen LogP contribution in [0.1, 0.15) is 46.9 Å². The highest BCUT2D eigenvalue weighted by atomic mass is 19.1. The number of aliphatic hydroxyl groups is 1. The molecule has 0 bridgehead atoms. The van der Waals surface area contributed by atoms with Gasteiger partial charge in [0.1, 0.15) is 5.82 Å². The Morgan fingerprint density at radius 1 is 1.26 bits per heavy atom. The Bertz CT molecular complexity index is 1020. The van der Waals surface area contributed by atoms with E-state index < -0.39 is 6.10 Å². The summed E-state index contributed by atoms with van der Waals surface area (Å²) in [6.07, 6.45) is 0.131. The molecule has 140 valence electrons. The number of hydrogen-bond donors (Lipinski definition) is 1. The van der Waals surface area contributed by atoms with Gasteiger partial charge in [-0.05, 0) is 44.5 Å². The third-order valence-corrected chi connectivity index (χ3v) is 4.88. The zero-order chi connectivity index (χ0) is 19.1. The smallest absolute Gasteiger partial charge is 0.254 e. The van der Waals surface area contributed by atoms with E-state index in [0.29, 0.717) is 47.5 Å². The summed E-state index contributed by atoms with van der Waals surface area (Å²) in [6.45, 7) is 5.20. The summed E-state index contributed by atoms with van der Waals surface area (Å²) in [6, 6.07) is 7.92. The Labute approximate surface area is 156 Å².